The van der Waals surface area contributed by atoms with Crippen LogP contribution in [0.15, 0.2) is 23.4 Å². The summed E-state index contributed by atoms with van der Waals surface area (Å²) in [7, 11) is 0. The second-order valence-corrected chi connectivity index (χ2v) is 7.74. The molecule has 2 aromatic rings. The number of carbonyl (C=O) groups is 1. The van der Waals surface area contributed by atoms with Crippen LogP contribution >= 0.6 is 35.0 Å². The molecule has 24 heavy (non-hydrogen) atoms. The summed E-state index contributed by atoms with van der Waals surface area (Å²) < 4.78 is 2.17. The van der Waals surface area contributed by atoms with Crippen molar-refractivity contribution in [1.29, 1.82) is 0 Å². The van der Waals surface area contributed by atoms with Crippen LogP contribution < -0.4 is 5.32 Å². The number of carbonyl (C=O) groups excluding carboxylic acids is 1. The van der Waals surface area contributed by atoms with Gasteiger partial charge in [0.05, 0.1) is 27.2 Å². The number of rotatable bonds is 6. The summed E-state index contributed by atoms with van der Waals surface area (Å²) >= 11 is 13.5. The third kappa shape index (κ3) is 4.68. The van der Waals surface area contributed by atoms with Crippen molar-refractivity contribution in [1.82, 2.24) is 9.55 Å². The number of nitrogens with one attached hydrogen (secondary N) is 1. The molecule has 1 aromatic heterocycles. The molecule has 0 fully saturated rings. The first kappa shape index (κ1) is 19.2. The van der Waals surface area contributed by atoms with Crippen LogP contribution in [0.3, 0.4) is 0 Å². The van der Waals surface area contributed by atoms with Crippen LogP contribution in [0, 0.1) is 19.8 Å². The number of imidazole rings is 1. The lowest BCUT2D eigenvalue weighted by Crippen LogP contribution is -2.15. The maximum Gasteiger partial charge on any atom is 0.234 e. The van der Waals surface area contributed by atoms with Crippen molar-refractivity contribution in [3.05, 3.63) is 39.6 Å². The minimum Gasteiger partial charge on any atom is -0.324 e. The van der Waals surface area contributed by atoms with Gasteiger partial charge in [-0.3, -0.25) is 4.79 Å². The molecule has 0 saturated heterocycles. The van der Waals surface area contributed by atoms with E-state index in [-0.39, 0.29) is 11.7 Å². The number of aromatic nitrogens is 2. The molecule has 1 heterocycles. The van der Waals surface area contributed by atoms with E-state index >= 15 is 0 Å². The number of nitrogens with zero attached hydrogens (tertiary/aromatic N) is 2. The van der Waals surface area contributed by atoms with Crippen LogP contribution in [-0.4, -0.2) is 21.2 Å². The molecular formula is C17H21Cl2N3OS. The molecule has 0 bridgehead atoms. The molecule has 4 nitrogen and oxygen atoms in total. The highest BCUT2D eigenvalue weighted by molar-refractivity contribution is 7.99. The summed E-state index contributed by atoms with van der Waals surface area (Å²) in [6, 6.07) is 5.16. The van der Waals surface area contributed by atoms with Gasteiger partial charge in [0.15, 0.2) is 5.16 Å². The largest absolute Gasteiger partial charge is 0.324 e. The van der Waals surface area contributed by atoms with E-state index < -0.39 is 0 Å². The van der Waals surface area contributed by atoms with Gasteiger partial charge in [0.25, 0.3) is 0 Å². The van der Waals surface area contributed by atoms with Crippen LogP contribution in [0.5, 0.6) is 0 Å². The Bertz CT molecular complexity index is 744. The predicted molar refractivity (Wildman–Crippen MR) is 102 cm³/mol. The summed E-state index contributed by atoms with van der Waals surface area (Å²) in [5.41, 5.74) is 2.66. The first-order valence-corrected chi connectivity index (χ1v) is 9.44. The standard InChI is InChI=1S/C17H21Cl2N3OS/c1-10(2)8-22-12(4)11(3)20-17(22)24-9-15(23)21-14-7-5-6-13(18)16(14)19/h5-7,10H,8-9H2,1-4H3,(H,21,23). The van der Waals surface area contributed by atoms with Gasteiger partial charge in [0.1, 0.15) is 0 Å². The van der Waals surface area contributed by atoms with Crippen LogP contribution in [-0.2, 0) is 11.3 Å². The van der Waals surface area contributed by atoms with E-state index in [9.17, 15) is 4.79 Å². The number of anilines is 1. The Kier molecular flexibility index (Phi) is 6.61. The highest BCUT2D eigenvalue weighted by atomic mass is 35.5. The predicted octanol–water partition coefficient (Wildman–Crippen LogP) is 5.19. The molecule has 1 N–H and O–H groups in total. The molecule has 2 rings (SSSR count). The van der Waals surface area contributed by atoms with Gasteiger partial charge in [-0.05, 0) is 31.9 Å². The summed E-state index contributed by atoms with van der Waals surface area (Å²) in [5, 5.41) is 4.43. The molecule has 1 amide bonds. The molecule has 7 heteroatoms. The summed E-state index contributed by atoms with van der Waals surface area (Å²) in [5.74, 6) is 0.630. The normalized spacial score (nSPS) is 11.1. The lowest BCUT2D eigenvalue weighted by atomic mass is 10.2. The number of hydrogen-bond acceptors (Lipinski definition) is 3. The fraction of sp³-hybridized carbons (Fsp3) is 0.412. The van der Waals surface area contributed by atoms with Crippen molar-refractivity contribution in [2.45, 2.75) is 39.4 Å². The fourth-order valence-corrected chi connectivity index (χ4v) is 3.48. The smallest absolute Gasteiger partial charge is 0.234 e. The van der Waals surface area contributed by atoms with E-state index in [4.69, 9.17) is 23.2 Å². The monoisotopic (exact) mass is 385 g/mol. The van der Waals surface area contributed by atoms with Crippen LogP contribution in [0.2, 0.25) is 10.0 Å². The van der Waals surface area contributed by atoms with Crippen molar-refractivity contribution in [3.8, 4) is 0 Å². The molecule has 130 valence electrons. The Morgan fingerprint density at radius 1 is 1.33 bits per heavy atom. The van der Waals surface area contributed by atoms with E-state index in [2.05, 4.69) is 35.6 Å². The average Bonchev–Trinajstić information content (AvgIpc) is 2.77. The Morgan fingerprint density at radius 3 is 2.71 bits per heavy atom. The zero-order valence-corrected chi connectivity index (χ0v) is 16.5. The van der Waals surface area contributed by atoms with E-state index in [1.807, 2.05) is 6.92 Å². The number of aryl methyl sites for hydroxylation is 1. The molecule has 0 radical (unpaired) electrons. The maximum atomic E-state index is 12.2. The van der Waals surface area contributed by atoms with Crippen LogP contribution in [0.25, 0.3) is 0 Å². The molecule has 1 aromatic carbocycles. The van der Waals surface area contributed by atoms with Crippen molar-refractivity contribution in [2.24, 2.45) is 5.92 Å². The lowest BCUT2D eigenvalue weighted by Gasteiger charge is -2.12. The van der Waals surface area contributed by atoms with E-state index in [1.165, 1.54) is 11.8 Å². The van der Waals surface area contributed by atoms with Gasteiger partial charge in [-0.15, -0.1) is 0 Å². The minimum atomic E-state index is -0.140. The van der Waals surface area contributed by atoms with Crippen molar-refractivity contribution in [2.75, 3.05) is 11.1 Å². The van der Waals surface area contributed by atoms with Gasteiger partial charge in [-0.1, -0.05) is 54.9 Å². The van der Waals surface area contributed by atoms with Gasteiger partial charge < -0.3 is 9.88 Å². The second-order valence-electron chi connectivity index (χ2n) is 6.01. The summed E-state index contributed by atoms with van der Waals surface area (Å²) in [4.78, 5) is 16.8. The number of halogens is 2. The molecule has 0 spiro atoms. The van der Waals surface area contributed by atoms with Crippen molar-refractivity contribution >= 4 is 46.6 Å². The third-order valence-electron chi connectivity index (χ3n) is 3.53. The zero-order valence-electron chi connectivity index (χ0n) is 14.2. The highest BCUT2D eigenvalue weighted by Crippen LogP contribution is 2.30. The van der Waals surface area contributed by atoms with Gasteiger partial charge in [-0.2, -0.15) is 0 Å². The maximum absolute atomic E-state index is 12.2. The SMILES string of the molecule is Cc1nc(SCC(=O)Nc2cccc(Cl)c2Cl)n(CC(C)C)c1C. The first-order valence-electron chi connectivity index (χ1n) is 7.70. The zero-order chi connectivity index (χ0) is 17.9. The fourth-order valence-electron chi connectivity index (χ4n) is 2.23. The summed E-state index contributed by atoms with van der Waals surface area (Å²) in [6.45, 7) is 9.26. The van der Waals surface area contributed by atoms with E-state index in [1.54, 1.807) is 18.2 Å². The number of hydrogen-bond donors (Lipinski definition) is 1. The van der Waals surface area contributed by atoms with Gasteiger partial charge in [0.2, 0.25) is 5.91 Å². The average molecular weight is 386 g/mol. The highest BCUT2D eigenvalue weighted by Gasteiger charge is 2.15. The van der Waals surface area contributed by atoms with Gasteiger partial charge >= 0.3 is 0 Å². The molecule has 0 saturated carbocycles. The quantitative estimate of drug-likeness (QED) is 0.695. The minimum absolute atomic E-state index is 0.140. The summed E-state index contributed by atoms with van der Waals surface area (Å²) in [6.07, 6.45) is 0. The lowest BCUT2D eigenvalue weighted by molar-refractivity contribution is -0.113. The van der Waals surface area contributed by atoms with Crippen LogP contribution in [0.4, 0.5) is 5.69 Å². The van der Waals surface area contributed by atoms with Gasteiger partial charge in [0, 0.05) is 12.2 Å². The Balaban J connectivity index is 2.04. The molecule has 0 aliphatic carbocycles. The molecule has 0 unspecified atom stereocenters. The number of benzene rings is 1. The van der Waals surface area contributed by atoms with Crippen LogP contribution in [0.1, 0.15) is 25.2 Å². The second kappa shape index (κ2) is 8.28. The van der Waals surface area contributed by atoms with E-state index in [0.29, 0.717) is 21.7 Å². The number of thioether (sulfide) groups is 1. The Hall–Kier alpha value is -1.17. The Labute approximate surface area is 156 Å². The van der Waals surface area contributed by atoms with E-state index in [0.717, 1.165) is 23.1 Å². The first-order chi connectivity index (χ1) is 11.3. The van der Waals surface area contributed by atoms with Crippen molar-refractivity contribution < 1.29 is 4.79 Å². The third-order valence-corrected chi connectivity index (χ3v) is 5.32. The molecule has 0 aliphatic heterocycles. The molecule has 0 atom stereocenters. The molecular weight excluding hydrogens is 365 g/mol. The Morgan fingerprint density at radius 2 is 2.04 bits per heavy atom. The van der Waals surface area contributed by atoms with Gasteiger partial charge in [-0.25, -0.2) is 4.98 Å². The molecule has 0 aliphatic rings. The number of amides is 1. The van der Waals surface area contributed by atoms with Crippen molar-refractivity contribution in [3.63, 3.8) is 0 Å². The topological polar surface area (TPSA) is 46.9 Å².